The molecule has 7 heteroatoms. The summed E-state index contributed by atoms with van der Waals surface area (Å²) >= 11 is 0. The van der Waals surface area contributed by atoms with Gasteiger partial charge in [0.25, 0.3) is 0 Å². The molecular formula is C17H19N5O2. The van der Waals surface area contributed by atoms with E-state index in [9.17, 15) is 4.79 Å². The number of hydrogen-bond acceptors (Lipinski definition) is 5. The Hall–Kier alpha value is -2.96. The summed E-state index contributed by atoms with van der Waals surface area (Å²) in [7, 11) is 0. The van der Waals surface area contributed by atoms with Crippen molar-refractivity contribution >= 4 is 17.0 Å². The molecule has 1 N–H and O–H groups in total. The molecule has 0 saturated carbocycles. The van der Waals surface area contributed by atoms with Crippen molar-refractivity contribution in [3.63, 3.8) is 0 Å². The molecule has 0 aliphatic carbocycles. The summed E-state index contributed by atoms with van der Waals surface area (Å²) in [5.74, 6) is 0.608. The van der Waals surface area contributed by atoms with E-state index in [-0.39, 0.29) is 6.54 Å². The zero-order valence-corrected chi connectivity index (χ0v) is 13.9. The standard InChI is InChI=1S/C17H19N5O2/c1-17(2,3)24-16(23)19-10-15-20-11-21-22(15)13-7-6-12-5-4-8-18-14(12)9-13/h4-9,11H,10H2,1-3H3,(H,19,23). The van der Waals surface area contributed by atoms with Gasteiger partial charge in [0.05, 0.1) is 17.7 Å². The molecule has 0 spiro atoms. The van der Waals surface area contributed by atoms with Gasteiger partial charge in [-0.3, -0.25) is 4.98 Å². The van der Waals surface area contributed by atoms with E-state index in [1.807, 2.05) is 51.1 Å². The van der Waals surface area contributed by atoms with Crippen LogP contribution in [0.4, 0.5) is 4.79 Å². The third-order valence-corrected chi connectivity index (χ3v) is 3.24. The molecule has 7 nitrogen and oxygen atoms in total. The van der Waals surface area contributed by atoms with E-state index in [0.29, 0.717) is 5.82 Å². The van der Waals surface area contributed by atoms with E-state index in [4.69, 9.17) is 4.74 Å². The van der Waals surface area contributed by atoms with Crippen LogP contribution in [0.5, 0.6) is 0 Å². The molecule has 3 rings (SSSR count). The summed E-state index contributed by atoms with van der Waals surface area (Å²) in [6.45, 7) is 5.67. The summed E-state index contributed by atoms with van der Waals surface area (Å²) in [6, 6.07) is 9.74. The highest BCUT2D eigenvalue weighted by atomic mass is 16.6. The van der Waals surface area contributed by atoms with E-state index in [1.165, 1.54) is 6.33 Å². The molecule has 0 bridgehead atoms. The van der Waals surface area contributed by atoms with Gasteiger partial charge in [0.1, 0.15) is 11.9 Å². The van der Waals surface area contributed by atoms with Gasteiger partial charge in [0.15, 0.2) is 5.82 Å². The maximum Gasteiger partial charge on any atom is 0.408 e. The van der Waals surface area contributed by atoms with E-state index in [1.54, 1.807) is 10.9 Å². The fourth-order valence-corrected chi connectivity index (χ4v) is 2.25. The highest BCUT2D eigenvalue weighted by molar-refractivity contribution is 5.80. The van der Waals surface area contributed by atoms with Crippen molar-refractivity contribution in [3.8, 4) is 5.69 Å². The summed E-state index contributed by atoms with van der Waals surface area (Å²) < 4.78 is 6.89. The number of nitrogens with one attached hydrogen (secondary N) is 1. The van der Waals surface area contributed by atoms with E-state index < -0.39 is 11.7 Å². The lowest BCUT2D eigenvalue weighted by Gasteiger charge is -2.19. The second-order valence-electron chi connectivity index (χ2n) is 6.32. The number of amides is 1. The normalized spacial score (nSPS) is 11.5. The molecule has 2 heterocycles. The Balaban J connectivity index is 1.78. The number of carbonyl (C=O) groups excluding carboxylic acids is 1. The Labute approximate surface area is 139 Å². The molecule has 0 atom stereocenters. The van der Waals surface area contributed by atoms with Crippen LogP contribution in [-0.2, 0) is 11.3 Å². The predicted molar refractivity (Wildman–Crippen MR) is 89.7 cm³/mol. The van der Waals surface area contributed by atoms with Crippen molar-refractivity contribution in [2.75, 3.05) is 0 Å². The number of aromatic nitrogens is 4. The Kier molecular flexibility index (Phi) is 4.16. The first-order chi connectivity index (χ1) is 11.4. The summed E-state index contributed by atoms with van der Waals surface area (Å²) in [6.07, 6.45) is 2.71. The van der Waals surface area contributed by atoms with Crippen molar-refractivity contribution in [1.82, 2.24) is 25.1 Å². The zero-order valence-electron chi connectivity index (χ0n) is 13.9. The molecule has 3 aromatic rings. The molecule has 0 unspecified atom stereocenters. The summed E-state index contributed by atoms with van der Waals surface area (Å²) in [5, 5.41) is 7.97. The Bertz CT molecular complexity index is 867. The minimum atomic E-state index is -0.540. The number of ether oxygens (including phenoxy) is 1. The first-order valence-corrected chi connectivity index (χ1v) is 7.63. The van der Waals surface area contributed by atoms with Crippen LogP contribution in [0.2, 0.25) is 0 Å². The number of pyridine rings is 1. The van der Waals surface area contributed by atoms with Crippen LogP contribution in [0.3, 0.4) is 0 Å². The number of rotatable bonds is 3. The molecule has 0 aliphatic rings. The lowest BCUT2D eigenvalue weighted by Crippen LogP contribution is -2.32. The number of alkyl carbamates (subject to hydrolysis) is 1. The fourth-order valence-electron chi connectivity index (χ4n) is 2.25. The van der Waals surface area contributed by atoms with Crippen molar-refractivity contribution in [2.45, 2.75) is 32.9 Å². The smallest absolute Gasteiger partial charge is 0.408 e. The third kappa shape index (κ3) is 3.68. The number of fused-ring (bicyclic) bond motifs is 1. The second kappa shape index (κ2) is 6.27. The zero-order chi connectivity index (χ0) is 17.2. The Morgan fingerprint density at radius 3 is 2.88 bits per heavy atom. The van der Waals surface area contributed by atoms with Gasteiger partial charge in [-0.05, 0) is 39.0 Å². The third-order valence-electron chi connectivity index (χ3n) is 3.24. The van der Waals surface area contributed by atoms with E-state index in [0.717, 1.165) is 16.6 Å². The Morgan fingerprint density at radius 2 is 2.08 bits per heavy atom. The average molecular weight is 325 g/mol. The second-order valence-corrected chi connectivity index (χ2v) is 6.32. The van der Waals surface area contributed by atoms with Crippen LogP contribution < -0.4 is 5.32 Å². The molecule has 0 saturated heterocycles. The first-order valence-electron chi connectivity index (χ1n) is 7.63. The van der Waals surface area contributed by atoms with Crippen molar-refractivity contribution in [2.24, 2.45) is 0 Å². The van der Waals surface area contributed by atoms with Gasteiger partial charge in [-0.1, -0.05) is 12.1 Å². The maximum absolute atomic E-state index is 11.8. The predicted octanol–water partition coefficient (Wildman–Crippen LogP) is 2.84. The highest BCUT2D eigenvalue weighted by Crippen LogP contribution is 2.16. The quantitative estimate of drug-likeness (QED) is 0.801. The molecule has 124 valence electrons. The minimum absolute atomic E-state index is 0.217. The number of benzene rings is 1. The van der Waals surface area contributed by atoms with Crippen molar-refractivity contribution < 1.29 is 9.53 Å². The lowest BCUT2D eigenvalue weighted by molar-refractivity contribution is 0.0522. The molecule has 0 aliphatic heterocycles. The number of carbonyl (C=O) groups is 1. The van der Waals surface area contributed by atoms with Gasteiger partial charge in [0.2, 0.25) is 0 Å². The topological polar surface area (TPSA) is 81.9 Å². The first kappa shape index (κ1) is 15.9. The largest absolute Gasteiger partial charge is 0.444 e. The van der Waals surface area contributed by atoms with Crippen LogP contribution in [0.25, 0.3) is 16.6 Å². The van der Waals surface area contributed by atoms with Crippen LogP contribution in [0.15, 0.2) is 42.9 Å². The van der Waals surface area contributed by atoms with Gasteiger partial charge >= 0.3 is 6.09 Å². The molecule has 0 radical (unpaired) electrons. The van der Waals surface area contributed by atoms with Gasteiger partial charge in [-0.25, -0.2) is 14.5 Å². The van der Waals surface area contributed by atoms with Gasteiger partial charge in [-0.15, -0.1) is 0 Å². The molecule has 1 amide bonds. The molecule has 2 aromatic heterocycles. The van der Waals surface area contributed by atoms with Crippen LogP contribution in [0.1, 0.15) is 26.6 Å². The number of hydrogen-bond donors (Lipinski definition) is 1. The lowest BCUT2D eigenvalue weighted by atomic mass is 10.2. The summed E-state index contributed by atoms with van der Waals surface area (Å²) in [4.78, 5) is 20.3. The highest BCUT2D eigenvalue weighted by Gasteiger charge is 2.17. The minimum Gasteiger partial charge on any atom is -0.444 e. The Morgan fingerprint density at radius 1 is 1.25 bits per heavy atom. The summed E-state index contributed by atoms with van der Waals surface area (Å²) in [5.41, 5.74) is 1.16. The fraction of sp³-hybridized carbons (Fsp3) is 0.294. The maximum atomic E-state index is 11.8. The van der Waals surface area contributed by atoms with Crippen LogP contribution in [-0.4, -0.2) is 31.4 Å². The van der Waals surface area contributed by atoms with Gasteiger partial charge < -0.3 is 10.1 Å². The van der Waals surface area contributed by atoms with Crippen molar-refractivity contribution in [1.29, 1.82) is 0 Å². The van der Waals surface area contributed by atoms with Gasteiger partial charge in [-0.2, -0.15) is 5.10 Å². The van der Waals surface area contributed by atoms with Crippen molar-refractivity contribution in [3.05, 3.63) is 48.7 Å². The van der Waals surface area contributed by atoms with E-state index >= 15 is 0 Å². The SMILES string of the molecule is CC(C)(C)OC(=O)NCc1ncnn1-c1ccc2cccnc2c1. The van der Waals surface area contributed by atoms with E-state index in [2.05, 4.69) is 20.4 Å². The number of nitrogens with zero attached hydrogens (tertiary/aromatic N) is 4. The molecule has 0 fully saturated rings. The molecule has 24 heavy (non-hydrogen) atoms. The van der Waals surface area contributed by atoms with Crippen LogP contribution in [0, 0.1) is 0 Å². The monoisotopic (exact) mass is 325 g/mol. The van der Waals surface area contributed by atoms with Gasteiger partial charge in [0, 0.05) is 11.6 Å². The van der Waals surface area contributed by atoms with Crippen LogP contribution >= 0.6 is 0 Å². The molecular weight excluding hydrogens is 306 g/mol. The molecule has 1 aromatic carbocycles. The average Bonchev–Trinajstić information content (AvgIpc) is 2.99.